The van der Waals surface area contributed by atoms with Gasteiger partial charge < -0.3 is 9.64 Å². The zero-order valence-corrected chi connectivity index (χ0v) is 19.3. The molecule has 4 aromatic rings. The van der Waals surface area contributed by atoms with E-state index in [9.17, 15) is 13.6 Å². The number of benzene rings is 1. The highest BCUT2D eigenvalue weighted by Crippen LogP contribution is 2.26. The Kier molecular flexibility index (Phi) is 6.50. The summed E-state index contributed by atoms with van der Waals surface area (Å²) in [5.74, 6) is -0.145. The summed E-state index contributed by atoms with van der Waals surface area (Å²) < 4.78 is 31.0. The molecule has 1 aliphatic rings. The summed E-state index contributed by atoms with van der Waals surface area (Å²) in [6.07, 6.45) is 9.63. The Bertz CT molecular complexity index is 1330. The fraction of sp³-hybridized carbons (Fsp3) is 0.308. The number of pyridine rings is 2. The molecule has 5 rings (SSSR count). The van der Waals surface area contributed by atoms with Crippen LogP contribution in [0, 0.1) is 0 Å². The minimum Gasteiger partial charge on any atom is -0.435 e. The van der Waals surface area contributed by atoms with Crippen molar-refractivity contribution in [2.45, 2.75) is 31.9 Å². The monoisotopic (exact) mass is 477 g/mol. The smallest absolute Gasteiger partial charge is 0.387 e. The van der Waals surface area contributed by atoms with E-state index in [1.165, 1.54) is 24.3 Å². The zero-order valence-electron chi connectivity index (χ0n) is 19.3. The lowest BCUT2D eigenvalue weighted by molar-refractivity contribution is -0.0498. The summed E-state index contributed by atoms with van der Waals surface area (Å²) in [5.41, 5.74) is 2.79. The van der Waals surface area contributed by atoms with Crippen LogP contribution in [0.2, 0.25) is 0 Å². The van der Waals surface area contributed by atoms with Crippen LogP contribution in [0.3, 0.4) is 0 Å². The van der Waals surface area contributed by atoms with Crippen LogP contribution in [0.4, 0.5) is 8.78 Å². The van der Waals surface area contributed by atoms with Gasteiger partial charge in [0.05, 0.1) is 24.4 Å². The molecule has 0 bridgehead atoms. The lowest BCUT2D eigenvalue weighted by Gasteiger charge is -2.28. The van der Waals surface area contributed by atoms with E-state index >= 15 is 0 Å². The molecule has 0 unspecified atom stereocenters. The number of halogens is 2. The number of rotatable bonds is 7. The lowest BCUT2D eigenvalue weighted by atomic mass is 10.0. The van der Waals surface area contributed by atoms with Crippen LogP contribution in [-0.2, 0) is 6.42 Å². The molecule has 9 heteroatoms. The van der Waals surface area contributed by atoms with Gasteiger partial charge in [-0.2, -0.15) is 13.9 Å². The molecule has 180 valence electrons. The van der Waals surface area contributed by atoms with Gasteiger partial charge in [0.1, 0.15) is 5.75 Å². The summed E-state index contributed by atoms with van der Waals surface area (Å²) in [7, 11) is 2.14. The van der Waals surface area contributed by atoms with Crippen molar-refractivity contribution in [2.75, 3.05) is 20.1 Å². The van der Waals surface area contributed by atoms with Gasteiger partial charge in [-0.05, 0) is 74.8 Å². The third-order valence-corrected chi connectivity index (χ3v) is 6.36. The van der Waals surface area contributed by atoms with Gasteiger partial charge in [0, 0.05) is 40.8 Å². The molecule has 7 nitrogen and oxygen atoms in total. The topological polar surface area (TPSA) is 73.1 Å². The molecule has 3 aromatic heterocycles. The first-order valence-electron chi connectivity index (χ1n) is 11.5. The number of carbonyl (C=O) groups excluding carboxylic acids is 1. The highest BCUT2D eigenvalue weighted by Gasteiger charge is 2.19. The predicted octanol–water partition coefficient (Wildman–Crippen LogP) is 4.79. The Balaban J connectivity index is 1.32. The van der Waals surface area contributed by atoms with E-state index in [0.29, 0.717) is 17.3 Å². The molecule has 1 fully saturated rings. The first-order valence-corrected chi connectivity index (χ1v) is 11.5. The van der Waals surface area contributed by atoms with Crippen molar-refractivity contribution in [2.24, 2.45) is 0 Å². The summed E-state index contributed by atoms with van der Waals surface area (Å²) >= 11 is 0. The number of aromatic nitrogens is 4. The minimum absolute atomic E-state index is 0.0135. The molecule has 4 heterocycles. The van der Waals surface area contributed by atoms with E-state index < -0.39 is 6.61 Å². The van der Waals surface area contributed by atoms with Gasteiger partial charge in [0.25, 0.3) is 0 Å². The Labute approximate surface area is 201 Å². The Morgan fingerprint density at radius 1 is 1.06 bits per heavy atom. The maximum atomic E-state index is 12.7. The van der Waals surface area contributed by atoms with Gasteiger partial charge in [-0.15, -0.1) is 0 Å². The number of ketones is 1. The fourth-order valence-corrected chi connectivity index (χ4v) is 4.36. The van der Waals surface area contributed by atoms with Crippen molar-refractivity contribution in [1.82, 2.24) is 24.6 Å². The number of carbonyl (C=O) groups is 1. The van der Waals surface area contributed by atoms with Crippen molar-refractivity contribution >= 4 is 16.6 Å². The summed E-state index contributed by atoms with van der Waals surface area (Å²) in [6.45, 7) is -0.770. The van der Waals surface area contributed by atoms with Crippen LogP contribution in [0.1, 0.15) is 34.9 Å². The number of fused-ring (bicyclic) bond motifs is 1. The highest BCUT2D eigenvalue weighted by atomic mass is 19.3. The van der Waals surface area contributed by atoms with Crippen molar-refractivity contribution in [3.8, 4) is 17.0 Å². The molecule has 0 saturated carbocycles. The molecule has 35 heavy (non-hydrogen) atoms. The molecule has 0 spiro atoms. The van der Waals surface area contributed by atoms with Gasteiger partial charge in [0.2, 0.25) is 0 Å². The van der Waals surface area contributed by atoms with Crippen LogP contribution < -0.4 is 4.74 Å². The molecular formula is C26H25F2N5O2. The number of hydrogen-bond donors (Lipinski definition) is 0. The summed E-state index contributed by atoms with van der Waals surface area (Å²) in [5, 5.41) is 6.39. The van der Waals surface area contributed by atoms with Crippen LogP contribution in [0.5, 0.6) is 5.75 Å². The Morgan fingerprint density at radius 2 is 1.80 bits per heavy atom. The quantitative estimate of drug-likeness (QED) is 0.357. The minimum atomic E-state index is -2.90. The molecule has 0 aliphatic carbocycles. The van der Waals surface area contributed by atoms with Crippen LogP contribution in [0.15, 0.2) is 61.2 Å². The van der Waals surface area contributed by atoms with Gasteiger partial charge in [0.15, 0.2) is 5.78 Å². The van der Waals surface area contributed by atoms with E-state index in [0.717, 1.165) is 48.0 Å². The normalized spacial score (nSPS) is 15.1. The average molecular weight is 478 g/mol. The predicted molar refractivity (Wildman–Crippen MR) is 128 cm³/mol. The third-order valence-electron chi connectivity index (χ3n) is 6.36. The molecular weight excluding hydrogens is 452 g/mol. The van der Waals surface area contributed by atoms with Gasteiger partial charge >= 0.3 is 6.61 Å². The Hall–Kier alpha value is -3.72. The van der Waals surface area contributed by atoms with E-state index in [2.05, 4.69) is 37.9 Å². The number of nitrogens with zero attached hydrogens (tertiary/aromatic N) is 5. The fourth-order valence-electron chi connectivity index (χ4n) is 4.36. The van der Waals surface area contributed by atoms with Crippen molar-refractivity contribution in [3.05, 3.63) is 72.4 Å². The number of ether oxygens (including phenoxy) is 1. The number of alkyl halides is 2. The van der Waals surface area contributed by atoms with Gasteiger partial charge in [-0.1, -0.05) is 0 Å². The molecule has 1 saturated heterocycles. The van der Waals surface area contributed by atoms with Gasteiger partial charge in [-0.3, -0.25) is 19.4 Å². The largest absolute Gasteiger partial charge is 0.435 e. The number of Topliss-reactive ketones (excluding diaryl/α,β-unsaturated/α-hetero) is 1. The Morgan fingerprint density at radius 3 is 2.54 bits per heavy atom. The second-order valence-electron chi connectivity index (χ2n) is 8.84. The van der Waals surface area contributed by atoms with E-state index in [1.54, 1.807) is 12.4 Å². The number of likely N-dealkylation sites (tertiary alicyclic amines) is 1. The second-order valence-corrected chi connectivity index (χ2v) is 8.84. The van der Waals surface area contributed by atoms with Crippen molar-refractivity contribution < 1.29 is 18.3 Å². The summed E-state index contributed by atoms with van der Waals surface area (Å²) in [4.78, 5) is 24.0. The molecule has 0 amide bonds. The zero-order chi connectivity index (χ0) is 24.4. The van der Waals surface area contributed by atoms with Crippen LogP contribution >= 0.6 is 0 Å². The maximum Gasteiger partial charge on any atom is 0.387 e. The lowest BCUT2D eigenvalue weighted by Crippen LogP contribution is -2.31. The molecule has 1 aliphatic heterocycles. The number of piperidine rings is 1. The van der Waals surface area contributed by atoms with E-state index in [4.69, 9.17) is 0 Å². The maximum absolute atomic E-state index is 12.7. The van der Waals surface area contributed by atoms with E-state index in [1.807, 2.05) is 23.0 Å². The third kappa shape index (κ3) is 5.35. The second kappa shape index (κ2) is 9.87. The van der Waals surface area contributed by atoms with E-state index in [-0.39, 0.29) is 18.0 Å². The van der Waals surface area contributed by atoms with Crippen LogP contribution in [0.25, 0.3) is 22.0 Å². The highest BCUT2D eigenvalue weighted by molar-refractivity contribution is 5.98. The van der Waals surface area contributed by atoms with Crippen molar-refractivity contribution in [3.63, 3.8) is 0 Å². The average Bonchev–Trinajstić information content (AvgIpc) is 3.34. The summed E-state index contributed by atoms with van der Waals surface area (Å²) in [6, 6.07) is 9.94. The molecule has 0 N–H and O–H groups in total. The molecule has 0 radical (unpaired) electrons. The van der Waals surface area contributed by atoms with Crippen molar-refractivity contribution in [1.29, 1.82) is 0 Å². The van der Waals surface area contributed by atoms with Crippen LogP contribution in [-0.4, -0.2) is 57.2 Å². The SMILES string of the molecule is CN1CCC(n2cc(-c3cc4cc(CC(=O)c5ccc(OC(F)F)cc5)ncc4cn3)cn2)CC1. The van der Waals surface area contributed by atoms with Gasteiger partial charge in [-0.25, -0.2) is 0 Å². The molecule has 0 atom stereocenters. The number of hydrogen-bond acceptors (Lipinski definition) is 6. The first-order chi connectivity index (χ1) is 16.9. The standard InChI is InChI=1S/C26H25F2N5O2/c1-32-8-6-22(7-9-32)33-16-20(15-31-33)24-11-18-10-21(29-13-19(18)14-30-24)12-25(34)17-2-4-23(5-3-17)35-26(27)28/h2-5,10-11,13-16,22,26H,6-9,12H2,1H3. The molecule has 1 aromatic carbocycles. The first kappa shape index (κ1) is 23.0.